The zero-order valence-electron chi connectivity index (χ0n) is 51.7. The summed E-state index contributed by atoms with van der Waals surface area (Å²) in [5.41, 5.74) is 0. The minimum absolute atomic E-state index is 0.0657. The molecule has 0 aliphatic carbocycles. The van der Waals surface area contributed by atoms with Crippen LogP contribution in [-0.2, 0) is 28.6 Å². The first-order valence-electron chi connectivity index (χ1n) is 34.1. The largest absolute Gasteiger partial charge is 0.462 e. The van der Waals surface area contributed by atoms with Gasteiger partial charge >= 0.3 is 17.9 Å². The van der Waals surface area contributed by atoms with Crippen molar-refractivity contribution in [2.45, 2.75) is 374 Å². The van der Waals surface area contributed by atoms with Crippen molar-refractivity contribution < 1.29 is 28.6 Å². The van der Waals surface area contributed by atoms with Gasteiger partial charge in [0.25, 0.3) is 0 Å². The molecule has 0 aromatic rings. The van der Waals surface area contributed by atoms with E-state index in [1.807, 2.05) is 0 Å². The lowest BCUT2D eigenvalue weighted by atomic mass is 10.0. The van der Waals surface area contributed by atoms with Crippen molar-refractivity contribution in [3.05, 3.63) is 48.6 Å². The number of esters is 3. The van der Waals surface area contributed by atoms with Crippen LogP contribution in [0.1, 0.15) is 367 Å². The van der Waals surface area contributed by atoms with Crippen molar-refractivity contribution in [1.29, 1.82) is 0 Å². The zero-order chi connectivity index (χ0) is 55.7. The second kappa shape index (κ2) is 65.9. The van der Waals surface area contributed by atoms with E-state index in [0.717, 1.165) is 83.5 Å². The number of carbonyl (C=O) groups excluding carboxylic acids is 3. The molecule has 0 aromatic carbocycles. The molecule has 0 saturated carbocycles. The Morgan fingerprint density at radius 3 is 0.792 bits per heavy atom. The summed E-state index contributed by atoms with van der Waals surface area (Å²) in [5.74, 6) is -0.841. The molecule has 0 spiro atoms. The van der Waals surface area contributed by atoms with Crippen LogP contribution < -0.4 is 0 Å². The van der Waals surface area contributed by atoms with Gasteiger partial charge in [-0.05, 0) is 57.8 Å². The number of hydrogen-bond donors (Lipinski definition) is 0. The lowest BCUT2D eigenvalue weighted by Gasteiger charge is -2.18. The van der Waals surface area contributed by atoms with Gasteiger partial charge in [-0.2, -0.15) is 0 Å². The van der Waals surface area contributed by atoms with E-state index in [2.05, 4.69) is 69.4 Å². The summed E-state index contributed by atoms with van der Waals surface area (Å²) < 4.78 is 16.9. The van der Waals surface area contributed by atoms with Gasteiger partial charge in [-0.25, -0.2) is 0 Å². The molecule has 0 N–H and O–H groups in total. The standard InChI is InChI=1S/C71H130O6/c1-4-7-10-13-16-19-21-23-25-27-29-30-31-32-33-34-35-36-37-38-39-40-42-43-45-47-49-52-55-58-61-64-70(73)76-67-68(66-75-69(72)63-60-57-54-51-18-15-12-9-6-3)77-71(74)65-62-59-56-53-50-48-46-44-41-28-26-24-22-20-17-14-11-8-5-2/h7,10,16,19,23,25,29-30,68H,4-6,8-9,11-15,17-18,20-22,24,26-28,31-67H2,1-3H3/b10-7-,19-16-,25-23-,30-29-. The van der Waals surface area contributed by atoms with Crippen molar-refractivity contribution in [3.8, 4) is 0 Å². The third kappa shape index (κ3) is 64.1. The Labute approximate surface area is 479 Å². The van der Waals surface area contributed by atoms with Gasteiger partial charge in [-0.1, -0.05) is 339 Å². The van der Waals surface area contributed by atoms with Crippen LogP contribution >= 0.6 is 0 Å². The third-order valence-electron chi connectivity index (χ3n) is 15.3. The summed E-state index contributed by atoms with van der Waals surface area (Å²) in [6, 6.07) is 0. The molecule has 0 fully saturated rings. The second-order valence-electron chi connectivity index (χ2n) is 23.1. The molecule has 0 saturated heterocycles. The maximum Gasteiger partial charge on any atom is 0.306 e. The fourth-order valence-electron chi connectivity index (χ4n) is 10.3. The van der Waals surface area contributed by atoms with Crippen LogP contribution in [0.4, 0.5) is 0 Å². The quantitative estimate of drug-likeness (QED) is 0.0261. The molecule has 0 aromatic heterocycles. The minimum atomic E-state index is -0.767. The van der Waals surface area contributed by atoms with Crippen LogP contribution in [0.5, 0.6) is 0 Å². The van der Waals surface area contributed by atoms with Crippen LogP contribution in [0.15, 0.2) is 48.6 Å². The van der Waals surface area contributed by atoms with Gasteiger partial charge in [0.2, 0.25) is 0 Å². The van der Waals surface area contributed by atoms with E-state index < -0.39 is 6.10 Å². The van der Waals surface area contributed by atoms with Crippen LogP contribution in [0.2, 0.25) is 0 Å². The molecular formula is C71H130O6. The Bertz CT molecular complexity index is 1330. The molecule has 0 aliphatic heterocycles. The number of ether oxygens (including phenoxy) is 3. The van der Waals surface area contributed by atoms with E-state index in [4.69, 9.17) is 14.2 Å². The van der Waals surface area contributed by atoms with E-state index in [0.29, 0.717) is 19.3 Å². The number of carbonyl (C=O) groups is 3. The number of unbranched alkanes of at least 4 members (excludes halogenated alkanes) is 44. The molecule has 6 nitrogen and oxygen atoms in total. The topological polar surface area (TPSA) is 78.9 Å². The first kappa shape index (κ1) is 74.4. The van der Waals surface area contributed by atoms with E-state index in [-0.39, 0.29) is 31.1 Å². The molecule has 0 radical (unpaired) electrons. The third-order valence-corrected chi connectivity index (χ3v) is 15.3. The SMILES string of the molecule is CC/C=C\C/C=C\C/C=C\C/C=C\CCCCCCCCCCCCCCCCCCCCC(=O)OCC(COC(=O)CCCCCCCCCCC)OC(=O)CCCCCCCCCCCCCCCCCCCCC. The van der Waals surface area contributed by atoms with Gasteiger partial charge in [-0.3, -0.25) is 14.4 Å². The zero-order valence-corrected chi connectivity index (χ0v) is 51.7. The van der Waals surface area contributed by atoms with Crippen molar-refractivity contribution >= 4 is 17.9 Å². The molecule has 6 heteroatoms. The molecule has 0 bridgehead atoms. The lowest BCUT2D eigenvalue weighted by molar-refractivity contribution is -0.167. The summed E-state index contributed by atoms with van der Waals surface area (Å²) in [6.45, 7) is 6.57. The Morgan fingerprint density at radius 1 is 0.273 bits per heavy atom. The Balaban J connectivity index is 4.07. The Hall–Kier alpha value is -2.63. The van der Waals surface area contributed by atoms with Gasteiger partial charge in [0.05, 0.1) is 0 Å². The fourth-order valence-corrected chi connectivity index (χ4v) is 10.3. The first-order chi connectivity index (χ1) is 38.0. The molecular weight excluding hydrogens is 949 g/mol. The highest BCUT2D eigenvalue weighted by Gasteiger charge is 2.19. The van der Waals surface area contributed by atoms with Gasteiger partial charge in [0.15, 0.2) is 6.10 Å². The van der Waals surface area contributed by atoms with E-state index in [1.165, 1.54) is 244 Å². The number of allylic oxidation sites excluding steroid dienone is 8. The van der Waals surface area contributed by atoms with E-state index in [1.54, 1.807) is 0 Å². The summed E-state index contributed by atoms with van der Waals surface area (Å²) in [7, 11) is 0. The van der Waals surface area contributed by atoms with Crippen LogP contribution in [0.3, 0.4) is 0 Å². The van der Waals surface area contributed by atoms with Crippen LogP contribution in [0.25, 0.3) is 0 Å². The van der Waals surface area contributed by atoms with Crippen molar-refractivity contribution in [3.63, 3.8) is 0 Å². The molecule has 77 heavy (non-hydrogen) atoms. The predicted octanol–water partition coefficient (Wildman–Crippen LogP) is 23.3. The minimum Gasteiger partial charge on any atom is -0.462 e. The Morgan fingerprint density at radius 2 is 0.506 bits per heavy atom. The molecule has 0 amide bonds. The first-order valence-corrected chi connectivity index (χ1v) is 34.1. The van der Waals surface area contributed by atoms with Gasteiger partial charge in [0, 0.05) is 19.3 Å². The predicted molar refractivity (Wildman–Crippen MR) is 335 cm³/mol. The highest BCUT2D eigenvalue weighted by atomic mass is 16.6. The Kier molecular flexibility index (Phi) is 63.6. The maximum atomic E-state index is 12.9. The normalized spacial score (nSPS) is 12.3. The highest BCUT2D eigenvalue weighted by molar-refractivity contribution is 5.71. The summed E-state index contributed by atoms with van der Waals surface area (Å²) in [4.78, 5) is 38.2. The van der Waals surface area contributed by atoms with Crippen molar-refractivity contribution in [2.24, 2.45) is 0 Å². The molecule has 0 heterocycles. The highest BCUT2D eigenvalue weighted by Crippen LogP contribution is 2.18. The monoisotopic (exact) mass is 1080 g/mol. The summed E-state index contributed by atoms with van der Waals surface area (Å²) in [6.07, 6.45) is 83.0. The van der Waals surface area contributed by atoms with E-state index >= 15 is 0 Å². The second-order valence-corrected chi connectivity index (χ2v) is 23.1. The molecule has 1 atom stereocenters. The van der Waals surface area contributed by atoms with Gasteiger partial charge < -0.3 is 14.2 Å². The summed E-state index contributed by atoms with van der Waals surface area (Å²) >= 11 is 0. The van der Waals surface area contributed by atoms with Crippen LogP contribution in [-0.4, -0.2) is 37.2 Å². The number of rotatable bonds is 63. The van der Waals surface area contributed by atoms with Gasteiger partial charge in [0.1, 0.15) is 13.2 Å². The lowest BCUT2D eigenvalue weighted by Crippen LogP contribution is -2.30. The molecule has 0 aliphatic rings. The summed E-state index contributed by atoms with van der Waals surface area (Å²) in [5, 5.41) is 0. The average Bonchev–Trinajstić information content (AvgIpc) is 3.43. The van der Waals surface area contributed by atoms with Crippen molar-refractivity contribution in [1.82, 2.24) is 0 Å². The van der Waals surface area contributed by atoms with E-state index in [9.17, 15) is 14.4 Å². The maximum absolute atomic E-state index is 12.9. The average molecular weight is 1080 g/mol. The molecule has 1 unspecified atom stereocenters. The van der Waals surface area contributed by atoms with Crippen molar-refractivity contribution in [2.75, 3.05) is 13.2 Å². The smallest absolute Gasteiger partial charge is 0.306 e. The van der Waals surface area contributed by atoms with Gasteiger partial charge in [-0.15, -0.1) is 0 Å². The molecule has 450 valence electrons. The van der Waals surface area contributed by atoms with Crippen LogP contribution in [0, 0.1) is 0 Å². The fraction of sp³-hybridized carbons (Fsp3) is 0.845. The molecule has 0 rings (SSSR count). The number of hydrogen-bond acceptors (Lipinski definition) is 6.